The van der Waals surface area contributed by atoms with E-state index in [2.05, 4.69) is 43.8 Å². The van der Waals surface area contributed by atoms with Gasteiger partial charge >= 0.3 is 0 Å². The number of allylic oxidation sites excluding steroid dienone is 5. The molecule has 0 saturated heterocycles. The van der Waals surface area contributed by atoms with E-state index in [-0.39, 0.29) is 0 Å². The third-order valence-corrected chi connectivity index (χ3v) is 2.36. The van der Waals surface area contributed by atoms with Gasteiger partial charge in [0, 0.05) is 0 Å². The Morgan fingerprint density at radius 3 is 2.53 bits per heavy atom. The van der Waals surface area contributed by atoms with Crippen LogP contribution in [-0.2, 0) is 6.42 Å². The molecule has 0 aliphatic rings. The first kappa shape index (κ1) is 11.5. The van der Waals surface area contributed by atoms with E-state index in [1.54, 1.807) is 0 Å². The van der Waals surface area contributed by atoms with E-state index in [1.807, 2.05) is 25.1 Å². The summed E-state index contributed by atoms with van der Waals surface area (Å²) < 4.78 is 0. The molecule has 0 aliphatic carbocycles. The maximum Gasteiger partial charge on any atom is -0.00290 e. The van der Waals surface area contributed by atoms with E-state index in [0.29, 0.717) is 0 Å². The Hall–Kier alpha value is -1.56. The lowest BCUT2D eigenvalue weighted by atomic mass is 10.0. The molecule has 0 nitrogen and oxygen atoms in total. The Kier molecular flexibility index (Phi) is 4.62. The first-order chi connectivity index (χ1) is 7.24. The van der Waals surface area contributed by atoms with Gasteiger partial charge in [-0.25, -0.2) is 0 Å². The van der Waals surface area contributed by atoms with Crippen LogP contribution in [0.2, 0.25) is 0 Å². The van der Waals surface area contributed by atoms with Gasteiger partial charge in [0.15, 0.2) is 0 Å². The second-order valence-corrected chi connectivity index (χ2v) is 3.64. The van der Waals surface area contributed by atoms with E-state index in [0.717, 1.165) is 6.42 Å². The molecule has 1 aromatic carbocycles. The van der Waals surface area contributed by atoms with Crippen LogP contribution in [0.3, 0.4) is 0 Å². The van der Waals surface area contributed by atoms with Crippen LogP contribution in [0.1, 0.15) is 19.4 Å². The third-order valence-electron chi connectivity index (χ3n) is 2.36. The summed E-state index contributed by atoms with van der Waals surface area (Å²) in [4.78, 5) is 0. The van der Waals surface area contributed by atoms with Gasteiger partial charge in [-0.05, 0) is 37.0 Å². The minimum absolute atomic E-state index is 0.931. The van der Waals surface area contributed by atoms with Crippen molar-refractivity contribution in [1.82, 2.24) is 0 Å². The van der Waals surface area contributed by atoms with Crippen LogP contribution in [-0.4, -0.2) is 0 Å². The standard InChI is InChI=1S/C15H18/c1-4-5-9-13(2)14(3)12-15-10-7-6-8-11-15/h4-11H,3,12H2,1-2H3/b5-4-,13-9+. The normalized spacial score (nSPS) is 12.0. The average molecular weight is 198 g/mol. The Bertz CT molecular complexity index is 366. The summed E-state index contributed by atoms with van der Waals surface area (Å²) >= 11 is 0. The molecular formula is C15H18. The molecular weight excluding hydrogens is 180 g/mol. The third kappa shape index (κ3) is 3.99. The largest absolute Gasteiger partial charge is 0.0952 e. The van der Waals surface area contributed by atoms with Gasteiger partial charge in [0.05, 0.1) is 0 Å². The van der Waals surface area contributed by atoms with Crippen LogP contribution in [0, 0.1) is 0 Å². The summed E-state index contributed by atoms with van der Waals surface area (Å²) in [5.41, 5.74) is 3.74. The van der Waals surface area contributed by atoms with Crippen molar-refractivity contribution in [2.45, 2.75) is 20.3 Å². The maximum absolute atomic E-state index is 4.10. The molecule has 0 bridgehead atoms. The van der Waals surface area contributed by atoms with Crippen molar-refractivity contribution >= 4 is 0 Å². The van der Waals surface area contributed by atoms with Crippen molar-refractivity contribution in [3.8, 4) is 0 Å². The van der Waals surface area contributed by atoms with Crippen molar-refractivity contribution in [2.75, 3.05) is 0 Å². The Morgan fingerprint density at radius 1 is 1.27 bits per heavy atom. The van der Waals surface area contributed by atoms with E-state index < -0.39 is 0 Å². The van der Waals surface area contributed by atoms with E-state index >= 15 is 0 Å². The molecule has 0 aliphatic heterocycles. The van der Waals surface area contributed by atoms with Gasteiger partial charge in [-0.2, -0.15) is 0 Å². The SMILES string of the molecule is C=C(Cc1ccccc1)/C(C)=C/C=C\C. The monoisotopic (exact) mass is 198 g/mol. The van der Waals surface area contributed by atoms with Crippen LogP contribution in [0.5, 0.6) is 0 Å². The lowest BCUT2D eigenvalue weighted by molar-refractivity contribution is 1.15. The number of benzene rings is 1. The predicted octanol–water partition coefficient (Wildman–Crippen LogP) is 4.31. The Morgan fingerprint density at radius 2 is 1.93 bits per heavy atom. The van der Waals surface area contributed by atoms with Crippen molar-refractivity contribution in [2.24, 2.45) is 0 Å². The summed E-state index contributed by atoms with van der Waals surface area (Å²) in [7, 11) is 0. The molecule has 0 fully saturated rings. The fourth-order valence-electron chi connectivity index (χ4n) is 1.34. The van der Waals surface area contributed by atoms with Gasteiger partial charge in [-0.3, -0.25) is 0 Å². The smallest absolute Gasteiger partial charge is 0.00290 e. The zero-order chi connectivity index (χ0) is 11.1. The molecule has 0 aromatic heterocycles. The molecule has 0 radical (unpaired) electrons. The minimum atomic E-state index is 0.931. The number of hydrogen-bond donors (Lipinski definition) is 0. The van der Waals surface area contributed by atoms with Gasteiger partial charge in [0.25, 0.3) is 0 Å². The van der Waals surface area contributed by atoms with Crippen molar-refractivity contribution in [3.63, 3.8) is 0 Å². The summed E-state index contributed by atoms with van der Waals surface area (Å²) in [5.74, 6) is 0. The zero-order valence-electron chi connectivity index (χ0n) is 9.53. The molecule has 78 valence electrons. The topological polar surface area (TPSA) is 0 Å². The molecule has 0 saturated carbocycles. The van der Waals surface area contributed by atoms with Crippen molar-refractivity contribution in [1.29, 1.82) is 0 Å². The molecule has 1 aromatic rings. The van der Waals surface area contributed by atoms with Gasteiger partial charge in [0.1, 0.15) is 0 Å². The molecule has 0 N–H and O–H groups in total. The Balaban J connectivity index is 2.64. The lowest BCUT2D eigenvalue weighted by Gasteiger charge is -2.05. The van der Waals surface area contributed by atoms with Crippen LogP contribution in [0.4, 0.5) is 0 Å². The summed E-state index contributed by atoms with van der Waals surface area (Å²) in [6.07, 6.45) is 7.11. The highest BCUT2D eigenvalue weighted by Gasteiger charge is 1.97. The fraction of sp³-hybridized carbons (Fsp3) is 0.200. The molecule has 15 heavy (non-hydrogen) atoms. The molecule has 1 rings (SSSR count). The lowest BCUT2D eigenvalue weighted by Crippen LogP contribution is -1.90. The molecule has 0 amide bonds. The fourth-order valence-corrected chi connectivity index (χ4v) is 1.34. The van der Waals surface area contributed by atoms with Crippen LogP contribution < -0.4 is 0 Å². The van der Waals surface area contributed by atoms with E-state index in [4.69, 9.17) is 0 Å². The van der Waals surface area contributed by atoms with E-state index in [9.17, 15) is 0 Å². The minimum Gasteiger partial charge on any atom is -0.0952 e. The molecule has 0 heterocycles. The van der Waals surface area contributed by atoms with Crippen molar-refractivity contribution in [3.05, 3.63) is 71.8 Å². The summed E-state index contributed by atoms with van der Waals surface area (Å²) in [6, 6.07) is 10.4. The first-order valence-corrected chi connectivity index (χ1v) is 5.25. The highest BCUT2D eigenvalue weighted by Crippen LogP contribution is 2.13. The molecule has 0 unspecified atom stereocenters. The maximum atomic E-state index is 4.10. The molecule has 0 atom stereocenters. The summed E-state index contributed by atoms with van der Waals surface area (Å²) in [5, 5.41) is 0. The molecule has 0 heteroatoms. The summed E-state index contributed by atoms with van der Waals surface area (Å²) in [6.45, 7) is 8.22. The second-order valence-electron chi connectivity index (χ2n) is 3.64. The number of hydrogen-bond acceptors (Lipinski definition) is 0. The second kappa shape index (κ2) is 6.02. The Labute approximate surface area is 92.6 Å². The quantitative estimate of drug-likeness (QED) is 0.632. The predicted molar refractivity (Wildman–Crippen MR) is 67.9 cm³/mol. The highest BCUT2D eigenvalue weighted by atomic mass is 14.0. The first-order valence-electron chi connectivity index (χ1n) is 5.25. The average Bonchev–Trinajstić information content (AvgIpc) is 2.27. The van der Waals surface area contributed by atoms with Crippen LogP contribution in [0.25, 0.3) is 0 Å². The number of rotatable bonds is 4. The van der Waals surface area contributed by atoms with Crippen LogP contribution >= 0.6 is 0 Å². The van der Waals surface area contributed by atoms with Gasteiger partial charge in [0.2, 0.25) is 0 Å². The highest BCUT2D eigenvalue weighted by molar-refractivity contribution is 5.34. The van der Waals surface area contributed by atoms with Crippen LogP contribution in [0.15, 0.2) is 66.3 Å². The van der Waals surface area contributed by atoms with E-state index in [1.165, 1.54) is 16.7 Å². The molecule has 0 spiro atoms. The van der Waals surface area contributed by atoms with Gasteiger partial charge in [-0.15, -0.1) is 0 Å². The van der Waals surface area contributed by atoms with Gasteiger partial charge < -0.3 is 0 Å². The van der Waals surface area contributed by atoms with Gasteiger partial charge in [-0.1, -0.05) is 55.1 Å². The zero-order valence-corrected chi connectivity index (χ0v) is 9.53. The van der Waals surface area contributed by atoms with Crippen molar-refractivity contribution < 1.29 is 0 Å².